The predicted octanol–water partition coefficient (Wildman–Crippen LogP) is 2.30. The van der Waals surface area contributed by atoms with E-state index in [4.69, 9.17) is 4.74 Å². The highest BCUT2D eigenvalue weighted by molar-refractivity contribution is 5.82. The molecular formula is C9H18N2O2. The Morgan fingerprint density at radius 2 is 2.00 bits per heavy atom. The van der Waals surface area contributed by atoms with Gasteiger partial charge in [-0.2, -0.15) is 5.10 Å². The summed E-state index contributed by atoms with van der Waals surface area (Å²) < 4.78 is 4.98. The zero-order valence-corrected chi connectivity index (χ0v) is 8.97. The van der Waals surface area contributed by atoms with Gasteiger partial charge in [0.05, 0.1) is 0 Å². The lowest BCUT2D eigenvalue weighted by atomic mass is 10.2. The number of amides is 1. The summed E-state index contributed by atoms with van der Waals surface area (Å²) in [4.78, 5) is 11.0. The van der Waals surface area contributed by atoms with Crippen molar-refractivity contribution in [2.24, 2.45) is 5.10 Å². The first kappa shape index (κ1) is 11.9. The van der Waals surface area contributed by atoms with Gasteiger partial charge in [0.1, 0.15) is 5.60 Å². The van der Waals surface area contributed by atoms with Crippen LogP contribution in [0.3, 0.4) is 0 Å². The van der Waals surface area contributed by atoms with E-state index in [-0.39, 0.29) is 0 Å². The third-order valence-corrected chi connectivity index (χ3v) is 1.25. The van der Waals surface area contributed by atoms with Crippen molar-refractivity contribution in [2.75, 3.05) is 0 Å². The number of hydrogen-bond acceptors (Lipinski definition) is 3. The number of carbonyl (C=O) groups is 1. The molecule has 0 radical (unpaired) electrons. The van der Waals surface area contributed by atoms with Crippen molar-refractivity contribution >= 4 is 11.8 Å². The Hall–Kier alpha value is -1.06. The van der Waals surface area contributed by atoms with Crippen molar-refractivity contribution in [2.45, 2.75) is 46.6 Å². The van der Waals surface area contributed by atoms with Crippen LogP contribution in [0.2, 0.25) is 0 Å². The number of hydrazone groups is 1. The Morgan fingerprint density at radius 3 is 2.38 bits per heavy atom. The van der Waals surface area contributed by atoms with E-state index in [1.807, 2.05) is 34.6 Å². The van der Waals surface area contributed by atoms with Gasteiger partial charge in [0.25, 0.3) is 0 Å². The van der Waals surface area contributed by atoms with Gasteiger partial charge in [-0.1, -0.05) is 6.92 Å². The average Bonchev–Trinajstić information content (AvgIpc) is 1.97. The van der Waals surface area contributed by atoms with E-state index >= 15 is 0 Å². The van der Waals surface area contributed by atoms with Gasteiger partial charge in [-0.3, -0.25) is 0 Å². The number of carbonyl (C=O) groups excluding carboxylic acids is 1. The van der Waals surface area contributed by atoms with Crippen LogP contribution in [0.1, 0.15) is 41.0 Å². The molecule has 0 heterocycles. The van der Waals surface area contributed by atoms with Crippen LogP contribution < -0.4 is 5.43 Å². The molecule has 0 bridgehead atoms. The van der Waals surface area contributed by atoms with Crippen LogP contribution >= 0.6 is 0 Å². The van der Waals surface area contributed by atoms with Gasteiger partial charge in [-0.25, -0.2) is 10.2 Å². The number of nitrogens with one attached hydrogen (secondary N) is 1. The number of ether oxygens (including phenoxy) is 1. The third kappa shape index (κ3) is 7.31. The van der Waals surface area contributed by atoms with Crippen molar-refractivity contribution in [3.05, 3.63) is 0 Å². The zero-order valence-electron chi connectivity index (χ0n) is 8.97. The summed E-state index contributed by atoms with van der Waals surface area (Å²) >= 11 is 0. The molecule has 0 aliphatic heterocycles. The highest BCUT2D eigenvalue weighted by Crippen LogP contribution is 2.06. The van der Waals surface area contributed by atoms with Gasteiger partial charge >= 0.3 is 6.09 Å². The lowest BCUT2D eigenvalue weighted by Crippen LogP contribution is -2.30. The number of nitrogens with zero attached hydrogens (tertiary/aromatic N) is 1. The Balaban J connectivity index is 3.90. The number of rotatable bonds is 2. The molecule has 4 heteroatoms. The lowest BCUT2D eigenvalue weighted by molar-refractivity contribution is 0.0529. The van der Waals surface area contributed by atoms with Gasteiger partial charge in [-0.05, 0) is 34.1 Å². The molecule has 0 saturated carbocycles. The predicted molar refractivity (Wildman–Crippen MR) is 52.8 cm³/mol. The number of hydrogen-bond donors (Lipinski definition) is 1. The van der Waals surface area contributed by atoms with Crippen molar-refractivity contribution in [3.63, 3.8) is 0 Å². The summed E-state index contributed by atoms with van der Waals surface area (Å²) in [5.74, 6) is 0. The molecule has 0 rings (SSSR count). The molecule has 0 aromatic rings. The van der Waals surface area contributed by atoms with Gasteiger partial charge < -0.3 is 4.74 Å². The van der Waals surface area contributed by atoms with E-state index in [0.29, 0.717) is 0 Å². The minimum atomic E-state index is -0.514. The van der Waals surface area contributed by atoms with Gasteiger partial charge in [0.2, 0.25) is 0 Å². The van der Waals surface area contributed by atoms with Crippen LogP contribution in [-0.2, 0) is 4.74 Å². The van der Waals surface area contributed by atoms with Crippen LogP contribution in [0.5, 0.6) is 0 Å². The largest absolute Gasteiger partial charge is 0.443 e. The van der Waals surface area contributed by atoms with Gasteiger partial charge in [0.15, 0.2) is 0 Å². The quantitative estimate of drug-likeness (QED) is 0.531. The van der Waals surface area contributed by atoms with E-state index in [1.165, 1.54) is 0 Å². The van der Waals surface area contributed by atoms with E-state index in [0.717, 1.165) is 12.1 Å². The maximum atomic E-state index is 11.0. The summed E-state index contributed by atoms with van der Waals surface area (Å²) in [6.45, 7) is 9.24. The maximum Gasteiger partial charge on any atom is 0.428 e. The first-order valence-electron chi connectivity index (χ1n) is 4.37. The molecule has 0 aliphatic rings. The summed E-state index contributed by atoms with van der Waals surface area (Å²) in [5, 5.41) is 3.82. The first-order chi connectivity index (χ1) is 5.85. The summed E-state index contributed by atoms with van der Waals surface area (Å²) in [6.07, 6.45) is 0.302. The van der Waals surface area contributed by atoms with Crippen molar-refractivity contribution < 1.29 is 9.53 Å². The topological polar surface area (TPSA) is 50.7 Å². The molecule has 0 spiro atoms. The Morgan fingerprint density at radius 1 is 1.46 bits per heavy atom. The van der Waals surface area contributed by atoms with Gasteiger partial charge in [-0.15, -0.1) is 0 Å². The van der Waals surface area contributed by atoms with Crippen molar-refractivity contribution in [3.8, 4) is 0 Å². The fourth-order valence-corrected chi connectivity index (χ4v) is 0.521. The molecular weight excluding hydrogens is 168 g/mol. The van der Waals surface area contributed by atoms with Crippen LogP contribution in [0, 0.1) is 0 Å². The van der Waals surface area contributed by atoms with Gasteiger partial charge in [0, 0.05) is 5.71 Å². The normalized spacial score (nSPS) is 12.5. The monoisotopic (exact) mass is 186 g/mol. The fraction of sp³-hybridized carbons (Fsp3) is 0.778. The molecule has 1 N–H and O–H groups in total. The van der Waals surface area contributed by atoms with E-state index in [9.17, 15) is 4.79 Å². The zero-order chi connectivity index (χ0) is 10.5. The highest BCUT2D eigenvalue weighted by atomic mass is 16.6. The van der Waals surface area contributed by atoms with E-state index in [1.54, 1.807) is 0 Å². The summed E-state index contributed by atoms with van der Waals surface area (Å²) in [5.41, 5.74) is 2.71. The second-order valence-corrected chi connectivity index (χ2v) is 3.81. The smallest absolute Gasteiger partial charge is 0.428 e. The van der Waals surface area contributed by atoms with Crippen LogP contribution in [0.15, 0.2) is 5.10 Å². The second kappa shape index (κ2) is 4.84. The average molecular weight is 186 g/mol. The first-order valence-corrected chi connectivity index (χ1v) is 4.37. The SMILES string of the molecule is CC/C(C)=N\NC(=O)OC(C)(C)C. The summed E-state index contributed by atoms with van der Waals surface area (Å²) in [6, 6.07) is 0. The summed E-state index contributed by atoms with van der Waals surface area (Å²) in [7, 11) is 0. The molecule has 76 valence electrons. The lowest BCUT2D eigenvalue weighted by Gasteiger charge is -2.18. The van der Waals surface area contributed by atoms with Crippen molar-refractivity contribution in [1.82, 2.24) is 5.43 Å². The molecule has 0 saturated heterocycles. The van der Waals surface area contributed by atoms with Crippen LogP contribution in [-0.4, -0.2) is 17.4 Å². The molecule has 0 aromatic heterocycles. The van der Waals surface area contributed by atoms with Crippen LogP contribution in [0.4, 0.5) is 4.79 Å². The maximum absolute atomic E-state index is 11.0. The Labute approximate surface area is 79.3 Å². The third-order valence-electron chi connectivity index (χ3n) is 1.25. The molecule has 1 amide bonds. The molecule has 4 nitrogen and oxygen atoms in total. The molecule has 0 aliphatic carbocycles. The minimum Gasteiger partial charge on any atom is -0.443 e. The molecule has 13 heavy (non-hydrogen) atoms. The molecule has 0 atom stereocenters. The highest BCUT2D eigenvalue weighted by Gasteiger charge is 2.15. The molecule has 0 fully saturated rings. The van der Waals surface area contributed by atoms with E-state index < -0.39 is 11.7 Å². The van der Waals surface area contributed by atoms with Crippen molar-refractivity contribution in [1.29, 1.82) is 0 Å². The van der Waals surface area contributed by atoms with Crippen LogP contribution in [0.25, 0.3) is 0 Å². The second-order valence-electron chi connectivity index (χ2n) is 3.81. The Bertz CT molecular complexity index is 204. The molecule has 0 unspecified atom stereocenters. The Kier molecular flexibility index (Phi) is 4.45. The standard InChI is InChI=1S/C9H18N2O2/c1-6-7(2)10-11-8(12)13-9(3,4)5/h6H2,1-5H3,(H,11,12)/b10-7-. The fourth-order valence-electron chi connectivity index (χ4n) is 0.521. The van der Waals surface area contributed by atoms with E-state index in [2.05, 4.69) is 10.5 Å². The minimum absolute atomic E-state index is 0.472. The molecule has 0 aromatic carbocycles.